The number of aryl methyl sites for hydroxylation is 1. The molecule has 2 aliphatic heterocycles. The number of hydrogen-bond acceptors (Lipinski definition) is 6. The fourth-order valence-corrected chi connectivity index (χ4v) is 5.47. The number of piperidine rings is 1. The minimum Gasteiger partial charge on any atom is -0.381 e. The van der Waals surface area contributed by atoms with Crippen molar-refractivity contribution in [1.82, 2.24) is 14.9 Å². The number of aromatic nitrogens is 2. The van der Waals surface area contributed by atoms with Crippen molar-refractivity contribution in [1.29, 1.82) is 0 Å². The molecule has 4 rings (SSSR count). The third-order valence-electron chi connectivity index (χ3n) is 4.95. The summed E-state index contributed by atoms with van der Waals surface area (Å²) in [7, 11) is 0. The van der Waals surface area contributed by atoms with Crippen LogP contribution in [0.1, 0.15) is 24.1 Å². The lowest BCUT2D eigenvalue weighted by Gasteiger charge is -2.39. The molecule has 0 N–H and O–H groups in total. The molecular formula is C17H21N3O2S2. The van der Waals surface area contributed by atoms with Gasteiger partial charge in [-0.2, -0.15) is 0 Å². The van der Waals surface area contributed by atoms with E-state index < -0.39 is 0 Å². The fourth-order valence-electron chi connectivity index (χ4n) is 3.68. The summed E-state index contributed by atoms with van der Waals surface area (Å²) in [5.41, 5.74) is 0.214. The second-order valence-corrected chi connectivity index (χ2v) is 8.96. The van der Waals surface area contributed by atoms with E-state index in [-0.39, 0.29) is 11.3 Å². The highest BCUT2D eigenvalue weighted by molar-refractivity contribution is 8.00. The molecule has 0 bridgehead atoms. The monoisotopic (exact) mass is 363 g/mol. The van der Waals surface area contributed by atoms with Crippen LogP contribution in [0.2, 0.25) is 0 Å². The zero-order valence-corrected chi connectivity index (χ0v) is 15.4. The maximum atomic E-state index is 12.7. The standard InChI is InChI=1S/C17H21N3O2S2/c1-12-7-13-15(18-11-19-16(13)24-12)23-8-14(21)20-5-2-3-17(9-20)4-6-22-10-17/h7,11H,2-6,8-10H2,1H3. The largest absolute Gasteiger partial charge is 0.381 e. The molecule has 1 amide bonds. The van der Waals surface area contributed by atoms with E-state index in [4.69, 9.17) is 4.74 Å². The molecule has 7 heteroatoms. The van der Waals surface area contributed by atoms with Crippen molar-refractivity contribution in [3.05, 3.63) is 17.3 Å². The van der Waals surface area contributed by atoms with Gasteiger partial charge in [0.25, 0.3) is 0 Å². The highest BCUT2D eigenvalue weighted by Gasteiger charge is 2.40. The first-order valence-corrected chi connectivity index (χ1v) is 10.1. The van der Waals surface area contributed by atoms with Gasteiger partial charge in [-0.3, -0.25) is 4.79 Å². The minimum atomic E-state index is 0.213. The van der Waals surface area contributed by atoms with Gasteiger partial charge in [0.15, 0.2) is 0 Å². The van der Waals surface area contributed by atoms with E-state index in [0.29, 0.717) is 5.75 Å². The van der Waals surface area contributed by atoms with Gasteiger partial charge in [-0.15, -0.1) is 11.3 Å². The Morgan fingerprint density at radius 1 is 1.46 bits per heavy atom. The molecule has 2 saturated heterocycles. The van der Waals surface area contributed by atoms with E-state index in [1.807, 2.05) is 4.90 Å². The Kier molecular flexibility index (Phi) is 4.49. The lowest BCUT2D eigenvalue weighted by atomic mass is 9.79. The normalized spacial score (nSPS) is 24.1. The molecule has 0 aromatic carbocycles. The number of nitrogens with zero attached hydrogens (tertiary/aromatic N) is 3. The third-order valence-corrected chi connectivity index (χ3v) is 6.90. The summed E-state index contributed by atoms with van der Waals surface area (Å²) in [6.07, 6.45) is 4.95. The lowest BCUT2D eigenvalue weighted by molar-refractivity contribution is -0.131. The van der Waals surface area contributed by atoms with E-state index >= 15 is 0 Å². The highest BCUT2D eigenvalue weighted by atomic mass is 32.2. The quantitative estimate of drug-likeness (QED) is 0.619. The summed E-state index contributed by atoms with van der Waals surface area (Å²) >= 11 is 3.20. The second kappa shape index (κ2) is 6.61. The van der Waals surface area contributed by atoms with Crippen molar-refractivity contribution in [2.45, 2.75) is 31.2 Å². The van der Waals surface area contributed by atoms with Crippen molar-refractivity contribution in [2.75, 3.05) is 32.1 Å². The first kappa shape index (κ1) is 16.3. The Morgan fingerprint density at radius 2 is 2.38 bits per heavy atom. The smallest absolute Gasteiger partial charge is 0.233 e. The van der Waals surface area contributed by atoms with E-state index in [0.717, 1.165) is 54.4 Å². The van der Waals surface area contributed by atoms with Gasteiger partial charge in [-0.05, 0) is 32.3 Å². The Balaban J connectivity index is 1.42. The number of carbonyl (C=O) groups excluding carboxylic acids is 1. The molecular weight excluding hydrogens is 342 g/mol. The molecule has 4 heterocycles. The summed E-state index contributed by atoms with van der Waals surface area (Å²) in [6, 6.07) is 2.11. The van der Waals surface area contributed by atoms with Crippen LogP contribution in [0.3, 0.4) is 0 Å². The average Bonchev–Trinajstić information content (AvgIpc) is 3.18. The molecule has 2 aromatic heterocycles. The Bertz CT molecular complexity index is 755. The molecule has 1 spiro atoms. The molecule has 5 nitrogen and oxygen atoms in total. The van der Waals surface area contributed by atoms with Gasteiger partial charge in [0, 0.05) is 35.4 Å². The van der Waals surface area contributed by atoms with Gasteiger partial charge in [0.05, 0.1) is 12.4 Å². The van der Waals surface area contributed by atoms with Crippen LogP contribution >= 0.6 is 23.1 Å². The van der Waals surface area contributed by atoms with Crippen molar-refractivity contribution in [2.24, 2.45) is 5.41 Å². The number of rotatable bonds is 3. The van der Waals surface area contributed by atoms with Crippen LogP contribution in [0.15, 0.2) is 17.4 Å². The first-order valence-electron chi connectivity index (χ1n) is 8.35. The van der Waals surface area contributed by atoms with E-state index in [1.54, 1.807) is 17.7 Å². The van der Waals surface area contributed by atoms with Crippen LogP contribution in [-0.2, 0) is 9.53 Å². The lowest BCUT2D eigenvalue weighted by Crippen LogP contribution is -2.47. The molecule has 0 radical (unpaired) electrons. The Labute approximate surface area is 149 Å². The zero-order chi connectivity index (χ0) is 16.6. The van der Waals surface area contributed by atoms with Crippen molar-refractivity contribution in [3.8, 4) is 0 Å². The molecule has 2 fully saturated rings. The number of likely N-dealkylation sites (tertiary alicyclic amines) is 1. The number of carbonyl (C=O) groups is 1. The zero-order valence-electron chi connectivity index (χ0n) is 13.8. The van der Waals surface area contributed by atoms with Crippen LogP contribution in [0.4, 0.5) is 0 Å². The summed E-state index contributed by atoms with van der Waals surface area (Å²) < 4.78 is 5.59. The Hall–Kier alpha value is -1.18. The number of thiophene rings is 1. The maximum absolute atomic E-state index is 12.7. The third kappa shape index (κ3) is 3.17. The van der Waals surface area contributed by atoms with E-state index in [1.165, 1.54) is 23.1 Å². The Morgan fingerprint density at radius 3 is 3.21 bits per heavy atom. The van der Waals surface area contributed by atoms with Gasteiger partial charge in [-0.25, -0.2) is 9.97 Å². The minimum absolute atomic E-state index is 0.213. The summed E-state index contributed by atoms with van der Waals surface area (Å²) in [5.74, 6) is 0.655. The summed E-state index contributed by atoms with van der Waals surface area (Å²) in [6.45, 7) is 5.45. The molecule has 128 valence electrons. The first-order chi connectivity index (χ1) is 11.7. The van der Waals surface area contributed by atoms with Crippen molar-refractivity contribution in [3.63, 3.8) is 0 Å². The van der Waals surface area contributed by atoms with Crippen molar-refractivity contribution >= 4 is 39.2 Å². The SMILES string of the molecule is Cc1cc2c(SCC(=O)N3CCCC4(CCOC4)C3)ncnc2s1. The van der Waals surface area contributed by atoms with Gasteiger partial charge in [0.1, 0.15) is 16.2 Å². The number of thioether (sulfide) groups is 1. The number of ether oxygens (including phenoxy) is 1. The molecule has 0 aliphatic carbocycles. The maximum Gasteiger partial charge on any atom is 0.233 e. The molecule has 0 saturated carbocycles. The predicted molar refractivity (Wildman–Crippen MR) is 96.6 cm³/mol. The van der Waals surface area contributed by atoms with Crippen LogP contribution in [0, 0.1) is 12.3 Å². The van der Waals surface area contributed by atoms with Crippen LogP contribution in [0.25, 0.3) is 10.2 Å². The highest BCUT2D eigenvalue weighted by Crippen LogP contribution is 2.38. The molecule has 2 aromatic rings. The molecule has 24 heavy (non-hydrogen) atoms. The van der Waals surface area contributed by atoms with E-state index in [2.05, 4.69) is 23.0 Å². The number of hydrogen-bond donors (Lipinski definition) is 0. The van der Waals surface area contributed by atoms with Gasteiger partial charge >= 0.3 is 0 Å². The molecule has 1 unspecified atom stereocenters. The number of fused-ring (bicyclic) bond motifs is 1. The van der Waals surface area contributed by atoms with Gasteiger partial charge < -0.3 is 9.64 Å². The van der Waals surface area contributed by atoms with E-state index in [9.17, 15) is 4.79 Å². The van der Waals surface area contributed by atoms with Gasteiger partial charge in [-0.1, -0.05) is 11.8 Å². The molecule has 1 atom stereocenters. The summed E-state index contributed by atoms with van der Waals surface area (Å²) in [4.78, 5) is 25.6. The van der Waals surface area contributed by atoms with Crippen molar-refractivity contribution < 1.29 is 9.53 Å². The number of amides is 1. The second-order valence-electron chi connectivity index (χ2n) is 6.76. The topological polar surface area (TPSA) is 55.3 Å². The summed E-state index contributed by atoms with van der Waals surface area (Å²) in [5, 5.41) is 1.98. The van der Waals surface area contributed by atoms with Crippen LogP contribution < -0.4 is 0 Å². The average molecular weight is 364 g/mol. The molecule has 2 aliphatic rings. The van der Waals surface area contributed by atoms with Crippen LogP contribution in [-0.4, -0.2) is 52.8 Å². The van der Waals surface area contributed by atoms with Gasteiger partial charge in [0.2, 0.25) is 5.91 Å². The predicted octanol–water partition coefficient (Wildman–Crippen LogP) is 3.12. The van der Waals surface area contributed by atoms with Crippen LogP contribution in [0.5, 0.6) is 0 Å². The fraction of sp³-hybridized carbons (Fsp3) is 0.588.